The smallest absolute Gasteiger partial charge is 0.170 e. The molecule has 6 heteroatoms. The highest BCUT2D eigenvalue weighted by molar-refractivity contribution is 7.80. The Morgan fingerprint density at radius 2 is 2.12 bits per heavy atom. The molecular formula is C19H18N4S2. The number of aromatic nitrogens is 2. The first-order valence-electron chi connectivity index (χ1n) is 8.15. The van der Waals surface area contributed by atoms with Gasteiger partial charge in [0.25, 0.3) is 0 Å². The molecule has 3 aromatic heterocycles. The Morgan fingerprint density at radius 1 is 1.20 bits per heavy atom. The summed E-state index contributed by atoms with van der Waals surface area (Å²) < 4.78 is 0. The molecule has 1 aliphatic rings. The molecule has 2 atom stereocenters. The average Bonchev–Trinajstić information content (AvgIpc) is 3.20. The Labute approximate surface area is 156 Å². The maximum atomic E-state index is 5.68. The summed E-state index contributed by atoms with van der Waals surface area (Å²) in [5, 5.41) is 6.39. The first-order valence-corrected chi connectivity index (χ1v) is 9.44. The van der Waals surface area contributed by atoms with Gasteiger partial charge in [0.1, 0.15) is 0 Å². The van der Waals surface area contributed by atoms with E-state index in [-0.39, 0.29) is 12.1 Å². The van der Waals surface area contributed by atoms with Gasteiger partial charge < -0.3 is 10.2 Å². The maximum absolute atomic E-state index is 5.68. The summed E-state index contributed by atoms with van der Waals surface area (Å²) in [5.74, 6) is 0. The summed E-state index contributed by atoms with van der Waals surface area (Å²) in [6, 6.07) is 12.4. The summed E-state index contributed by atoms with van der Waals surface area (Å²) in [5.41, 5.74) is 3.45. The molecule has 0 saturated carbocycles. The van der Waals surface area contributed by atoms with Crippen LogP contribution in [0.5, 0.6) is 0 Å². The van der Waals surface area contributed by atoms with Crippen molar-refractivity contribution in [2.75, 3.05) is 0 Å². The van der Waals surface area contributed by atoms with Crippen LogP contribution in [0.1, 0.15) is 33.8 Å². The highest BCUT2D eigenvalue weighted by atomic mass is 32.1. The third kappa shape index (κ3) is 3.15. The van der Waals surface area contributed by atoms with Crippen molar-refractivity contribution in [2.45, 2.75) is 25.6 Å². The lowest BCUT2D eigenvalue weighted by atomic mass is 10.0. The number of thiophene rings is 1. The molecule has 1 saturated heterocycles. The van der Waals surface area contributed by atoms with Gasteiger partial charge in [-0.15, -0.1) is 11.3 Å². The third-order valence-electron chi connectivity index (χ3n) is 4.44. The number of hydrogen-bond donors (Lipinski definition) is 1. The molecule has 0 aromatic carbocycles. The molecule has 0 amide bonds. The molecular weight excluding hydrogens is 348 g/mol. The van der Waals surface area contributed by atoms with E-state index >= 15 is 0 Å². The second kappa shape index (κ2) is 6.90. The molecule has 0 radical (unpaired) electrons. The normalized spacial score (nSPS) is 19.9. The Balaban J connectivity index is 1.74. The maximum Gasteiger partial charge on any atom is 0.170 e. The summed E-state index contributed by atoms with van der Waals surface area (Å²) in [7, 11) is 0. The minimum atomic E-state index is 0.0442. The van der Waals surface area contributed by atoms with Gasteiger partial charge in [0.2, 0.25) is 0 Å². The number of nitrogens with zero attached hydrogens (tertiary/aromatic N) is 3. The minimum absolute atomic E-state index is 0.0442. The van der Waals surface area contributed by atoms with E-state index in [0.717, 1.165) is 22.9 Å². The molecule has 0 unspecified atom stereocenters. The molecule has 126 valence electrons. The minimum Gasteiger partial charge on any atom is -0.352 e. The molecule has 1 aliphatic heterocycles. The van der Waals surface area contributed by atoms with Gasteiger partial charge in [0, 0.05) is 30.0 Å². The first kappa shape index (κ1) is 16.2. The van der Waals surface area contributed by atoms with E-state index in [1.54, 1.807) is 17.5 Å². The van der Waals surface area contributed by atoms with Gasteiger partial charge in [-0.1, -0.05) is 12.1 Å². The molecule has 0 bridgehead atoms. The zero-order valence-electron chi connectivity index (χ0n) is 13.8. The van der Waals surface area contributed by atoms with Gasteiger partial charge in [-0.25, -0.2) is 0 Å². The van der Waals surface area contributed by atoms with Gasteiger partial charge in [-0.05, 0) is 59.9 Å². The standard InChI is InChI=1S/C19H18N4S2/c1-13-7-10-25-18(13)17-16(15-6-2-3-9-21-15)22-19(24)23(17)12-14-5-4-8-20-11-14/h2-11,16-17H,12H2,1H3,(H,22,24)/t16-,17+/m0/s1. The lowest BCUT2D eigenvalue weighted by Crippen LogP contribution is -2.29. The predicted octanol–water partition coefficient (Wildman–Crippen LogP) is 4.02. The third-order valence-corrected chi connectivity index (χ3v) is 5.89. The zero-order valence-corrected chi connectivity index (χ0v) is 15.4. The molecule has 4 heterocycles. The van der Waals surface area contributed by atoms with E-state index in [0.29, 0.717) is 0 Å². The van der Waals surface area contributed by atoms with Crippen molar-refractivity contribution >= 4 is 28.7 Å². The fourth-order valence-corrected chi connectivity index (χ4v) is 4.62. The van der Waals surface area contributed by atoms with Gasteiger partial charge in [-0.2, -0.15) is 0 Å². The molecule has 1 N–H and O–H groups in total. The number of rotatable bonds is 4. The fourth-order valence-electron chi connectivity index (χ4n) is 3.24. The molecule has 25 heavy (non-hydrogen) atoms. The number of nitrogens with one attached hydrogen (secondary N) is 1. The van der Waals surface area contributed by atoms with Crippen molar-refractivity contribution < 1.29 is 0 Å². The highest BCUT2D eigenvalue weighted by Crippen LogP contribution is 2.42. The quantitative estimate of drug-likeness (QED) is 0.706. The van der Waals surface area contributed by atoms with Gasteiger partial charge in [0.15, 0.2) is 5.11 Å². The van der Waals surface area contributed by atoms with Crippen LogP contribution in [0.4, 0.5) is 0 Å². The SMILES string of the molecule is Cc1ccsc1[C@H]1[C@H](c2ccccn2)NC(=S)N1Cc1cccnc1. The van der Waals surface area contributed by atoms with Crippen LogP contribution in [0.15, 0.2) is 60.4 Å². The summed E-state index contributed by atoms with van der Waals surface area (Å²) in [4.78, 5) is 12.4. The number of aryl methyl sites for hydroxylation is 1. The Bertz CT molecular complexity index is 863. The lowest BCUT2D eigenvalue weighted by molar-refractivity contribution is 0.314. The molecule has 0 spiro atoms. The number of hydrogen-bond acceptors (Lipinski definition) is 4. The molecule has 3 aromatic rings. The number of pyridine rings is 2. The van der Waals surface area contributed by atoms with Crippen LogP contribution in [0.25, 0.3) is 0 Å². The van der Waals surface area contributed by atoms with E-state index in [1.807, 2.05) is 30.6 Å². The second-order valence-electron chi connectivity index (χ2n) is 6.08. The van der Waals surface area contributed by atoms with Gasteiger partial charge >= 0.3 is 0 Å². The van der Waals surface area contributed by atoms with E-state index in [2.05, 4.69) is 50.7 Å². The van der Waals surface area contributed by atoms with Crippen molar-refractivity contribution in [3.63, 3.8) is 0 Å². The first-order chi connectivity index (χ1) is 12.2. The van der Waals surface area contributed by atoms with Gasteiger partial charge in [0.05, 0.1) is 17.8 Å². The average molecular weight is 367 g/mol. The van der Waals surface area contributed by atoms with Gasteiger partial charge in [-0.3, -0.25) is 9.97 Å². The predicted molar refractivity (Wildman–Crippen MR) is 104 cm³/mol. The summed E-state index contributed by atoms with van der Waals surface area (Å²) >= 11 is 7.46. The van der Waals surface area contributed by atoms with Crippen molar-refractivity contribution in [2.24, 2.45) is 0 Å². The van der Waals surface area contributed by atoms with Crippen LogP contribution >= 0.6 is 23.6 Å². The Kier molecular flexibility index (Phi) is 4.46. The van der Waals surface area contributed by atoms with Crippen LogP contribution < -0.4 is 5.32 Å². The highest BCUT2D eigenvalue weighted by Gasteiger charge is 2.40. The summed E-state index contributed by atoms with van der Waals surface area (Å²) in [6.07, 6.45) is 5.53. The molecule has 0 aliphatic carbocycles. The van der Waals surface area contributed by atoms with Crippen LogP contribution in [0.2, 0.25) is 0 Å². The van der Waals surface area contributed by atoms with Crippen molar-refractivity contribution in [1.82, 2.24) is 20.2 Å². The van der Waals surface area contributed by atoms with E-state index in [9.17, 15) is 0 Å². The van der Waals surface area contributed by atoms with Crippen LogP contribution in [-0.2, 0) is 6.54 Å². The summed E-state index contributed by atoms with van der Waals surface area (Å²) in [6.45, 7) is 2.88. The second-order valence-corrected chi connectivity index (χ2v) is 7.42. The monoisotopic (exact) mass is 366 g/mol. The topological polar surface area (TPSA) is 41.1 Å². The van der Waals surface area contributed by atoms with E-state index < -0.39 is 0 Å². The largest absolute Gasteiger partial charge is 0.352 e. The van der Waals surface area contributed by atoms with E-state index in [1.165, 1.54) is 10.4 Å². The van der Waals surface area contributed by atoms with Crippen LogP contribution in [-0.4, -0.2) is 20.0 Å². The lowest BCUT2D eigenvalue weighted by Gasteiger charge is -2.27. The van der Waals surface area contributed by atoms with Crippen LogP contribution in [0, 0.1) is 6.92 Å². The Morgan fingerprint density at radius 3 is 2.80 bits per heavy atom. The number of thiocarbonyl (C=S) groups is 1. The molecule has 4 rings (SSSR count). The van der Waals surface area contributed by atoms with Crippen molar-refractivity contribution in [3.05, 3.63) is 82.1 Å². The Hall–Kier alpha value is -2.31. The van der Waals surface area contributed by atoms with Crippen molar-refractivity contribution in [3.8, 4) is 0 Å². The van der Waals surface area contributed by atoms with Crippen LogP contribution in [0.3, 0.4) is 0 Å². The molecule has 1 fully saturated rings. The van der Waals surface area contributed by atoms with E-state index in [4.69, 9.17) is 12.2 Å². The molecule has 4 nitrogen and oxygen atoms in total. The van der Waals surface area contributed by atoms with Crippen molar-refractivity contribution in [1.29, 1.82) is 0 Å². The fraction of sp³-hybridized carbons (Fsp3) is 0.211. The zero-order chi connectivity index (χ0) is 17.2.